The van der Waals surface area contributed by atoms with Gasteiger partial charge in [-0.2, -0.15) is 4.98 Å². The lowest BCUT2D eigenvalue weighted by Crippen LogP contribution is -2.38. The highest BCUT2D eigenvalue weighted by molar-refractivity contribution is 5.76. The van der Waals surface area contributed by atoms with E-state index in [0.29, 0.717) is 24.6 Å². The van der Waals surface area contributed by atoms with Gasteiger partial charge >= 0.3 is 0 Å². The maximum Gasteiger partial charge on any atom is 0.244 e. The van der Waals surface area contributed by atoms with Crippen LogP contribution in [0.4, 0.5) is 0 Å². The van der Waals surface area contributed by atoms with Crippen LogP contribution in [0.3, 0.4) is 0 Å². The molecule has 6 nitrogen and oxygen atoms in total. The zero-order valence-electron chi connectivity index (χ0n) is 16.0. The van der Waals surface area contributed by atoms with Crippen molar-refractivity contribution in [3.8, 4) is 0 Å². The number of hydrogen-bond donors (Lipinski definition) is 1. The van der Waals surface area contributed by atoms with E-state index in [2.05, 4.69) is 53.3 Å². The van der Waals surface area contributed by atoms with Crippen LogP contribution in [0.1, 0.15) is 56.9 Å². The van der Waals surface area contributed by atoms with Crippen molar-refractivity contribution in [2.75, 3.05) is 13.6 Å². The lowest BCUT2D eigenvalue weighted by Gasteiger charge is -2.19. The second-order valence-electron chi connectivity index (χ2n) is 8.40. The van der Waals surface area contributed by atoms with Gasteiger partial charge in [0.1, 0.15) is 0 Å². The van der Waals surface area contributed by atoms with E-state index in [0.717, 1.165) is 18.5 Å². The minimum Gasteiger partial charge on any atom is -0.352 e. The predicted octanol–water partition coefficient (Wildman–Crippen LogP) is 2.96. The Labute approximate surface area is 155 Å². The van der Waals surface area contributed by atoms with Crippen molar-refractivity contribution < 1.29 is 9.32 Å². The molecule has 2 aromatic rings. The van der Waals surface area contributed by atoms with E-state index in [9.17, 15) is 4.79 Å². The molecule has 140 valence electrons. The number of nitrogens with zero attached hydrogens (tertiary/aromatic N) is 3. The molecular weight excluding hydrogens is 328 g/mol. The van der Waals surface area contributed by atoms with Crippen molar-refractivity contribution in [1.82, 2.24) is 20.4 Å². The number of likely N-dealkylation sites (N-methyl/N-ethyl adjacent to an activating group) is 1. The number of likely N-dealkylation sites (tertiary alicyclic amines) is 1. The van der Waals surface area contributed by atoms with Crippen LogP contribution in [0.2, 0.25) is 0 Å². The van der Waals surface area contributed by atoms with Crippen molar-refractivity contribution in [3.05, 3.63) is 47.6 Å². The number of benzene rings is 1. The average molecular weight is 356 g/mol. The summed E-state index contributed by atoms with van der Waals surface area (Å²) in [6.45, 7) is 7.01. The topological polar surface area (TPSA) is 71.3 Å². The summed E-state index contributed by atoms with van der Waals surface area (Å²) in [5.74, 6) is 1.43. The van der Waals surface area contributed by atoms with Crippen molar-refractivity contribution in [2.24, 2.45) is 5.41 Å². The lowest BCUT2D eigenvalue weighted by molar-refractivity contribution is -0.123. The van der Waals surface area contributed by atoms with Gasteiger partial charge in [0.15, 0.2) is 5.82 Å². The van der Waals surface area contributed by atoms with Crippen molar-refractivity contribution in [1.29, 1.82) is 0 Å². The standard InChI is InChI=1S/C20H28N4O2/c1-20(2,3)12-18(25)21-15-11-16(24(4)13-15)19-22-17(23-26-19)10-14-8-6-5-7-9-14/h5-9,15-16H,10-13H2,1-4H3,(H,21,25)/t15-,16+/m1/s1. The van der Waals surface area contributed by atoms with E-state index in [-0.39, 0.29) is 23.4 Å². The van der Waals surface area contributed by atoms with Crippen LogP contribution < -0.4 is 5.32 Å². The van der Waals surface area contributed by atoms with Gasteiger partial charge in [-0.1, -0.05) is 56.3 Å². The molecular formula is C20H28N4O2. The molecule has 0 bridgehead atoms. The molecule has 1 N–H and O–H groups in total. The van der Waals surface area contributed by atoms with Gasteiger partial charge < -0.3 is 9.84 Å². The fourth-order valence-electron chi connectivity index (χ4n) is 3.41. The Kier molecular flexibility index (Phi) is 5.41. The van der Waals surface area contributed by atoms with E-state index < -0.39 is 0 Å². The molecule has 2 heterocycles. The van der Waals surface area contributed by atoms with Crippen LogP contribution in [-0.2, 0) is 11.2 Å². The zero-order chi connectivity index (χ0) is 18.7. The summed E-state index contributed by atoms with van der Waals surface area (Å²) in [4.78, 5) is 18.9. The monoisotopic (exact) mass is 356 g/mol. The second kappa shape index (κ2) is 7.58. The zero-order valence-corrected chi connectivity index (χ0v) is 16.0. The molecule has 2 atom stereocenters. The molecule has 0 unspecified atom stereocenters. The number of hydrogen-bond acceptors (Lipinski definition) is 5. The molecule has 1 fully saturated rings. The Balaban J connectivity index is 1.59. The largest absolute Gasteiger partial charge is 0.352 e. The highest BCUT2D eigenvalue weighted by Crippen LogP contribution is 2.30. The second-order valence-corrected chi connectivity index (χ2v) is 8.40. The first-order valence-electron chi connectivity index (χ1n) is 9.16. The van der Waals surface area contributed by atoms with Gasteiger partial charge in [-0.3, -0.25) is 9.69 Å². The molecule has 0 radical (unpaired) electrons. The SMILES string of the molecule is CN1C[C@H](NC(=O)CC(C)(C)C)C[C@H]1c1nc(Cc2ccccc2)no1. The first-order valence-corrected chi connectivity index (χ1v) is 9.16. The van der Waals surface area contributed by atoms with E-state index in [1.54, 1.807) is 0 Å². The highest BCUT2D eigenvalue weighted by atomic mass is 16.5. The maximum atomic E-state index is 12.2. The molecule has 1 aromatic carbocycles. The van der Waals surface area contributed by atoms with Crippen LogP contribution in [-0.4, -0.2) is 40.6 Å². The molecule has 0 spiro atoms. The molecule has 26 heavy (non-hydrogen) atoms. The summed E-state index contributed by atoms with van der Waals surface area (Å²) in [5, 5.41) is 7.27. The van der Waals surface area contributed by atoms with Gasteiger partial charge in [-0.25, -0.2) is 0 Å². The minimum absolute atomic E-state index is 0.00713. The fraction of sp³-hybridized carbons (Fsp3) is 0.550. The molecule has 1 amide bonds. The van der Waals surface area contributed by atoms with Crippen LogP contribution in [0, 0.1) is 5.41 Å². The third kappa shape index (κ3) is 4.91. The van der Waals surface area contributed by atoms with E-state index in [4.69, 9.17) is 4.52 Å². The highest BCUT2D eigenvalue weighted by Gasteiger charge is 2.35. The Morgan fingerprint density at radius 2 is 2.04 bits per heavy atom. The predicted molar refractivity (Wildman–Crippen MR) is 99.5 cm³/mol. The van der Waals surface area contributed by atoms with Crippen molar-refractivity contribution in [2.45, 2.75) is 52.1 Å². The number of carbonyl (C=O) groups is 1. The number of carbonyl (C=O) groups excluding carboxylic acids is 1. The number of rotatable bonds is 5. The summed E-state index contributed by atoms with van der Waals surface area (Å²) >= 11 is 0. The Morgan fingerprint density at radius 3 is 2.73 bits per heavy atom. The Bertz CT molecular complexity index is 736. The summed E-state index contributed by atoms with van der Waals surface area (Å²) in [6, 6.07) is 10.3. The van der Waals surface area contributed by atoms with E-state index in [1.807, 2.05) is 25.2 Å². The summed E-state index contributed by atoms with van der Waals surface area (Å²) in [6.07, 6.45) is 1.98. The summed E-state index contributed by atoms with van der Waals surface area (Å²) in [5.41, 5.74) is 1.15. The molecule has 1 aliphatic heterocycles. The normalized spacial score (nSPS) is 21.1. The van der Waals surface area contributed by atoms with Crippen LogP contribution >= 0.6 is 0 Å². The van der Waals surface area contributed by atoms with Crippen molar-refractivity contribution in [3.63, 3.8) is 0 Å². The Hall–Kier alpha value is -2.21. The number of aromatic nitrogens is 2. The molecule has 1 aromatic heterocycles. The molecule has 0 aliphatic carbocycles. The van der Waals surface area contributed by atoms with Gasteiger partial charge in [0.25, 0.3) is 0 Å². The minimum atomic E-state index is -0.00713. The van der Waals surface area contributed by atoms with Crippen LogP contribution in [0.25, 0.3) is 0 Å². The van der Waals surface area contributed by atoms with E-state index >= 15 is 0 Å². The first-order chi connectivity index (χ1) is 12.3. The molecule has 0 saturated carbocycles. The van der Waals surface area contributed by atoms with Gasteiger partial charge in [-0.15, -0.1) is 0 Å². The smallest absolute Gasteiger partial charge is 0.244 e. The summed E-state index contributed by atoms with van der Waals surface area (Å²) < 4.78 is 5.51. The molecule has 1 saturated heterocycles. The number of nitrogens with one attached hydrogen (secondary N) is 1. The maximum absolute atomic E-state index is 12.2. The van der Waals surface area contributed by atoms with Crippen LogP contribution in [0.15, 0.2) is 34.9 Å². The van der Waals surface area contributed by atoms with Gasteiger partial charge in [0.05, 0.1) is 6.04 Å². The van der Waals surface area contributed by atoms with E-state index in [1.165, 1.54) is 0 Å². The quantitative estimate of drug-likeness (QED) is 0.892. The third-order valence-electron chi connectivity index (χ3n) is 4.58. The Morgan fingerprint density at radius 1 is 1.31 bits per heavy atom. The third-order valence-corrected chi connectivity index (χ3v) is 4.58. The molecule has 6 heteroatoms. The van der Waals surface area contributed by atoms with Crippen molar-refractivity contribution >= 4 is 5.91 Å². The van der Waals surface area contributed by atoms with Gasteiger partial charge in [-0.05, 0) is 24.4 Å². The van der Waals surface area contributed by atoms with Crippen LogP contribution in [0.5, 0.6) is 0 Å². The lowest BCUT2D eigenvalue weighted by atomic mass is 9.92. The first kappa shape index (κ1) is 18.6. The summed E-state index contributed by atoms with van der Waals surface area (Å²) in [7, 11) is 2.03. The fourth-order valence-corrected chi connectivity index (χ4v) is 3.41. The van der Waals surface area contributed by atoms with Gasteiger partial charge in [0, 0.05) is 25.4 Å². The van der Waals surface area contributed by atoms with Gasteiger partial charge in [0.2, 0.25) is 11.8 Å². The average Bonchev–Trinajstić information content (AvgIpc) is 3.13. The molecule has 3 rings (SSSR count). The molecule has 1 aliphatic rings. The number of amides is 1.